The van der Waals surface area contributed by atoms with Gasteiger partial charge in [0.2, 0.25) is 0 Å². The summed E-state index contributed by atoms with van der Waals surface area (Å²) in [5, 5.41) is 8.80. The van der Waals surface area contributed by atoms with Gasteiger partial charge in [0.1, 0.15) is 0 Å². The number of fused-ring (bicyclic) bond motifs is 9. The lowest BCUT2D eigenvalue weighted by molar-refractivity contribution is 1.19. The molecule has 0 amide bonds. The van der Waals surface area contributed by atoms with Gasteiger partial charge >= 0.3 is 0 Å². The van der Waals surface area contributed by atoms with Crippen molar-refractivity contribution in [2.75, 3.05) is 5.32 Å². The van der Waals surface area contributed by atoms with Crippen LogP contribution in [-0.2, 0) is 0 Å². The first-order valence-corrected chi connectivity index (χ1v) is 20.7. The Labute approximate surface area is 349 Å². The molecule has 0 aliphatic carbocycles. The zero-order chi connectivity index (χ0) is 39.6. The maximum absolute atomic E-state index is 3.75. The minimum Gasteiger partial charge on any atom is -0.355 e. The molecule has 0 saturated heterocycles. The van der Waals surface area contributed by atoms with Crippen molar-refractivity contribution in [3.63, 3.8) is 0 Å². The highest BCUT2D eigenvalue weighted by atomic mass is 15.0. The van der Waals surface area contributed by atoms with Crippen LogP contribution >= 0.6 is 0 Å². The molecule has 2 heteroatoms. The smallest absolute Gasteiger partial charge is 0.0620 e. The molecular weight excluding hydrogens is 725 g/mol. The molecular formula is C58H38N2. The summed E-state index contributed by atoms with van der Waals surface area (Å²) in [5.74, 6) is 0. The van der Waals surface area contributed by atoms with Crippen molar-refractivity contribution in [3.8, 4) is 72.4 Å². The third-order valence-corrected chi connectivity index (χ3v) is 12.3. The van der Waals surface area contributed by atoms with Gasteiger partial charge in [0.05, 0.1) is 16.7 Å². The van der Waals surface area contributed by atoms with E-state index in [2.05, 4.69) is 234 Å². The zero-order valence-electron chi connectivity index (χ0n) is 32.8. The van der Waals surface area contributed by atoms with Crippen molar-refractivity contribution in [3.05, 3.63) is 224 Å². The molecule has 10 aromatic carbocycles. The molecule has 0 radical (unpaired) electrons. The van der Waals surface area contributed by atoms with Crippen molar-refractivity contribution in [1.82, 2.24) is 4.57 Å². The monoisotopic (exact) mass is 762 g/mol. The number of benzene rings is 10. The average Bonchev–Trinajstić information content (AvgIpc) is 3.59. The Balaban J connectivity index is 0.907. The Bertz CT molecular complexity index is 3430. The van der Waals surface area contributed by atoms with Gasteiger partial charge in [-0.2, -0.15) is 0 Å². The van der Waals surface area contributed by atoms with Gasteiger partial charge in [0, 0.05) is 38.8 Å². The van der Waals surface area contributed by atoms with E-state index in [0.29, 0.717) is 0 Å². The number of anilines is 2. The Kier molecular flexibility index (Phi) is 7.89. The molecule has 0 unspecified atom stereocenters. The average molecular weight is 763 g/mol. The van der Waals surface area contributed by atoms with E-state index in [9.17, 15) is 0 Å². The third kappa shape index (κ3) is 5.65. The molecule has 0 spiro atoms. The normalized spacial score (nSPS) is 11.7. The first-order valence-electron chi connectivity index (χ1n) is 20.7. The number of aromatic nitrogens is 1. The predicted molar refractivity (Wildman–Crippen MR) is 254 cm³/mol. The summed E-state index contributed by atoms with van der Waals surface area (Å²) in [6.45, 7) is 0. The van der Waals surface area contributed by atoms with Crippen LogP contribution in [0.2, 0.25) is 0 Å². The van der Waals surface area contributed by atoms with Gasteiger partial charge in [0.15, 0.2) is 0 Å². The number of nitrogens with zero attached hydrogens (tertiary/aromatic N) is 1. The van der Waals surface area contributed by atoms with E-state index in [1.807, 2.05) is 0 Å². The summed E-state index contributed by atoms with van der Waals surface area (Å²) < 4.78 is 2.48. The summed E-state index contributed by atoms with van der Waals surface area (Å²) in [6.07, 6.45) is 0. The van der Waals surface area contributed by atoms with E-state index in [-0.39, 0.29) is 0 Å². The van der Waals surface area contributed by atoms with Gasteiger partial charge in [-0.15, -0.1) is 0 Å². The van der Waals surface area contributed by atoms with E-state index >= 15 is 0 Å². The first kappa shape index (κ1) is 34.1. The number of nitrogens with one attached hydrogen (secondary N) is 1. The van der Waals surface area contributed by atoms with Crippen LogP contribution in [-0.4, -0.2) is 4.57 Å². The molecule has 0 fully saturated rings. The van der Waals surface area contributed by atoms with E-state index in [1.165, 1.54) is 99.5 Å². The van der Waals surface area contributed by atoms with Gasteiger partial charge in [0.25, 0.3) is 0 Å². The summed E-state index contributed by atoms with van der Waals surface area (Å²) >= 11 is 0. The molecule has 0 saturated carbocycles. The number of rotatable bonds is 6. The van der Waals surface area contributed by atoms with E-state index < -0.39 is 0 Å². The second-order valence-electron chi connectivity index (χ2n) is 15.8. The van der Waals surface area contributed by atoms with Crippen molar-refractivity contribution in [2.24, 2.45) is 0 Å². The molecule has 12 rings (SSSR count). The second kappa shape index (κ2) is 13.9. The number of hydrogen-bond donors (Lipinski definition) is 1. The SMILES string of the molecule is c1ccc(-c2cc(-c3ccc(-c4cc5c6c(c4)c4ccccc4n6-c4ccccc4-c4ccccc4-5)cc3)ccc2Nc2ccc(-c3ccc4ccccc4c3)cc2)cc1. The fourth-order valence-electron chi connectivity index (χ4n) is 9.38. The van der Waals surface area contributed by atoms with Crippen LogP contribution in [0.25, 0.3) is 105 Å². The molecule has 60 heavy (non-hydrogen) atoms. The molecule has 2 heterocycles. The maximum Gasteiger partial charge on any atom is 0.0620 e. The van der Waals surface area contributed by atoms with Crippen molar-refractivity contribution >= 4 is 44.0 Å². The lowest BCUT2D eigenvalue weighted by atomic mass is 9.90. The van der Waals surface area contributed by atoms with Crippen LogP contribution in [0.5, 0.6) is 0 Å². The lowest BCUT2D eigenvalue weighted by Gasteiger charge is -2.16. The fourth-order valence-corrected chi connectivity index (χ4v) is 9.38. The fraction of sp³-hybridized carbons (Fsp3) is 0. The predicted octanol–water partition coefficient (Wildman–Crippen LogP) is 16.0. The first-order chi connectivity index (χ1) is 29.7. The van der Waals surface area contributed by atoms with Gasteiger partial charge in [-0.05, 0) is 115 Å². The van der Waals surface area contributed by atoms with Crippen molar-refractivity contribution in [1.29, 1.82) is 0 Å². The molecule has 11 aromatic rings. The highest BCUT2D eigenvalue weighted by Crippen LogP contribution is 2.48. The Morgan fingerprint density at radius 3 is 1.67 bits per heavy atom. The summed E-state index contributed by atoms with van der Waals surface area (Å²) in [4.78, 5) is 0. The summed E-state index contributed by atoms with van der Waals surface area (Å²) in [5.41, 5.74) is 20.4. The van der Waals surface area contributed by atoms with Crippen LogP contribution in [0.15, 0.2) is 224 Å². The molecule has 2 nitrogen and oxygen atoms in total. The quantitative estimate of drug-likeness (QED) is 0.179. The molecule has 0 atom stereocenters. The van der Waals surface area contributed by atoms with Crippen molar-refractivity contribution < 1.29 is 0 Å². The molecule has 1 aromatic heterocycles. The van der Waals surface area contributed by atoms with Gasteiger partial charge < -0.3 is 9.88 Å². The largest absolute Gasteiger partial charge is 0.355 e. The minimum absolute atomic E-state index is 1.05. The van der Waals surface area contributed by atoms with E-state index in [4.69, 9.17) is 0 Å². The standard InChI is InChI=1S/C58H38N2/c1-2-13-42(14-3-1)52-35-45(30-33-55(52)59-47-31-28-40(29-32-47)44-27-26-38-12-4-5-15-43(38)34-44)39-22-24-41(25-23-39)46-36-53-49-17-7-6-16-48(49)50-18-8-10-20-56(50)60-57-21-11-9-19-51(57)54(37-46)58(53)60/h1-37,59H. The maximum atomic E-state index is 3.75. The zero-order valence-corrected chi connectivity index (χ0v) is 32.8. The van der Waals surface area contributed by atoms with E-state index in [0.717, 1.165) is 16.9 Å². The third-order valence-electron chi connectivity index (χ3n) is 12.3. The summed E-state index contributed by atoms with van der Waals surface area (Å²) in [6, 6.07) is 81.8. The van der Waals surface area contributed by atoms with Gasteiger partial charge in [-0.25, -0.2) is 0 Å². The topological polar surface area (TPSA) is 17.0 Å². The number of hydrogen-bond acceptors (Lipinski definition) is 1. The van der Waals surface area contributed by atoms with Crippen LogP contribution < -0.4 is 5.32 Å². The molecule has 1 aliphatic rings. The molecule has 1 aliphatic heterocycles. The molecule has 1 N–H and O–H groups in total. The highest BCUT2D eigenvalue weighted by molar-refractivity contribution is 6.17. The second-order valence-corrected chi connectivity index (χ2v) is 15.8. The lowest BCUT2D eigenvalue weighted by Crippen LogP contribution is -1.95. The molecule has 0 bridgehead atoms. The van der Waals surface area contributed by atoms with Gasteiger partial charge in [-0.1, -0.05) is 170 Å². The van der Waals surface area contributed by atoms with Crippen LogP contribution in [0.4, 0.5) is 11.4 Å². The molecule has 280 valence electrons. The Hall–Kier alpha value is -7.94. The van der Waals surface area contributed by atoms with E-state index in [1.54, 1.807) is 0 Å². The Morgan fingerprint density at radius 2 is 0.867 bits per heavy atom. The van der Waals surface area contributed by atoms with Gasteiger partial charge in [-0.3, -0.25) is 0 Å². The van der Waals surface area contributed by atoms with Crippen molar-refractivity contribution in [2.45, 2.75) is 0 Å². The number of para-hydroxylation sites is 2. The summed E-state index contributed by atoms with van der Waals surface area (Å²) in [7, 11) is 0. The van der Waals surface area contributed by atoms with Crippen LogP contribution in [0.3, 0.4) is 0 Å². The van der Waals surface area contributed by atoms with Crippen LogP contribution in [0.1, 0.15) is 0 Å². The highest BCUT2D eigenvalue weighted by Gasteiger charge is 2.25. The minimum atomic E-state index is 1.05. The Morgan fingerprint density at radius 1 is 0.300 bits per heavy atom. The van der Waals surface area contributed by atoms with Crippen LogP contribution in [0, 0.1) is 0 Å².